The van der Waals surface area contributed by atoms with Gasteiger partial charge in [-0.1, -0.05) is 43.2 Å². The molecule has 1 atom stereocenters. The van der Waals surface area contributed by atoms with Crippen LogP contribution in [-0.2, 0) is 25.5 Å². The molecular weight excluding hydrogens is 330 g/mol. The smallest absolute Gasteiger partial charge is 0.329 e. The predicted molar refractivity (Wildman–Crippen MR) is 102 cm³/mol. The molecule has 1 amide bonds. The number of hydrogen-bond donors (Lipinski definition) is 1. The fourth-order valence-electron chi connectivity index (χ4n) is 2.45. The summed E-state index contributed by atoms with van der Waals surface area (Å²) in [5, 5.41) is 2.70. The number of ether oxygens (including phenoxy) is 1. The van der Waals surface area contributed by atoms with E-state index in [-0.39, 0.29) is 24.5 Å². The first kappa shape index (κ1) is 21.9. The zero-order chi connectivity index (χ0) is 19.7. The van der Waals surface area contributed by atoms with E-state index < -0.39 is 17.6 Å². The van der Waals surface area contributed by atoms with E-state index in [9.17, 15) is 14.4 Å². The second kappa shape index (κ2) is 10.1. The lowest BCUT2D eigenvalue weighted by Crippen LogP contribution is -2.44. The lowest BCUT2D eigenvalue weighted by molar-refractivity contribution is -0.158. The van der Waals surface area contributed by atoms with Crippen LogP contribution in [0.5, 0.6) is 0 Å². The first-order chi connectivity index (χ1) is 12.1. The molecule has 0 unspecified atom stereocenters. The number of rotatable bonds is 9. The van der Waals surface area contributed by atoms with Gasteiger partial charge in [-0.05, 0) is 39.7 Å². The SMILES string of the molecule is CCC[C@H](NC(=O)CCC(=O)Cc1ccc(C)cc1)C(=O)OC(C)(C)C. The molecule has 5 heteroatoms. The number of aryl methyl sites for hydroxylation is 1. The van der Waals surface area contributed by atoms with Crippen molar-refractivity contribution in [2.45, 2.75) is 78.4 Å². The van der Waals surface area contributed by atoms with Gasteiger partial charge in [-0.3, -0.25) is 9.59 Å². The minimum Gasteiger partial charge on any atom is -0.458 e. The summed E-state index contributed by atoms with van der Waals surface area (Å²) in [6.45, 7) is 9.31. The van der Waals surface area contributed by atoms with Crippen molar-refractivity contribution >= 4 is 17.7 Å². The van der Waals surface area contributed by atoms with Crippen molar-refractivity contribution in [2.75, 3.05) is 0 Å². The van der Waals surface area contributed by atoms with Crippen LogP contribution in [0.1, 0.15) is 64.5 Å². The third-order valence-electron chi connectivity index (χ3n) is 3.76. The molecule has 0 aliphatic heterocycles. The molecule has 0 radical (unpaired) electrons. The van der Waals surface area contributed by atoms with E-state index in [0.29, 0.717) is 12.8 Å². The molecule has 1 aromatic carbocycles. The van der Waals surface area contributed by atoms with Gasteiger partial charge in [0.05, 0.1) is 0 Å². The summed E-state index contributed by atoms with van der Waals surface area (Å²) < 4.78 is 5.35. The summed E-state index contributed by atoms with van der Waals surface area (Å²) in [6, 6.07) is 7.11. The Hall–Kier alpha value is -2.17. The maximum absolute atomic E-state index is 12.2. The highest BCUT2D eigenvalue weighted by Crippen LogP contribution is 2.11. The molecule has 26 heavy (non-hydrogen) atoms. The first-order valence-corrected chi connectivity index (χ1v) is 9.20. The van der Waals surface area contributed by atoms with Crippen molar-refractivity contribution in [3.8, 4) is 0 Å². The number of nitrogens with one attached hydrogen (secondary N) is 1. The van der Waals surface area contributed by atoms with E-state index in [1.807, 2.05) is 38.1 Å². The van der Waals surface area contributed by atoms with Gasteiger partial charge in [0.2, 0.25) is 5.91 Å². The zero-order valence-corrected chi connectivity index (χ0v) is 16.6. The van der Waals surface area contributed by atoms with E-state index in [1.54, 1.807) is 20.8 Å². The molecule has 144 valence electrons. The Morgan fingerprint density at radius 3 is 2.23 bits per heavy atom. The van der Waals surface area contributed by atoms with Crippen LogP contribution in [0.25, 0.3) is 0 Å². The van der Waals surface area contributed by atoms with Crippen molar-refractivity contribution < 1.29 is 19.1 Å². The molecule has 0 aliphatic carbocycles. The largest absolute Gasteiger partial charge is 0.458 e. The maximum Gasteiger partial charge on any atom is 0.329 e. The normalized spacial score (nSPS) is 12.3. The molecule has 1 rings (SSSR count). The molecule has 0 spiro atoms. The van der Waals surface area contributed by atoms with Crippen LogP contribution in [0.2, 0.25) is 0 Å². The van der Waals surface area contributed by atoms with Crippen molar-refractivity contribution in [3.63, 3.8) is 0 Å². The Labute approximate surface area is 156 Å². The van der Waals surface area contributed by atoms with Crippen molar-refractivity contribution in [2.24, 2.45) is 0 Å². The molecule has 0 bridgehead atoms. The lowest BCUT2D eigenvalue weighted by Gasteiger charge is -2.24. The van der Waals surface area contributed by atoms with Crippen LogP contribution >= 0.6 is 0 Å². The van der Waals surface area contributed by atoms with Gasteiger partial charge < -0.3 is 10.1 Å². The van der Waals surface area contributed by atoms with Gasteiger partial charge in [-0.2, -0.15) is 0 Å². The fraction of sp³-hybridized carbons (Fsp3) is 0.571. The molecule has 5 nitrogen and oxygen atoms in total. The number of hydrogen-bond acceptors (Lipinski definition) is 4. The minimum absolute atomic E-state index is 0.00770. The Bertz CT molecular complexity index is 614. The molecular formula is C21H31NO4. The van der Waals surface area contributed by atoms with Gasteiger partial charge in [0.15, 0.2) is 0 Å². The third kappa shape index (κ3) is 8.79. The molecule has 0 aromatic heterocycles. The lowest BCUT2D eigenvalue weighted by atomic mass is 10.0. The number of Topliss-reactive ketones (excluding diaryl/α,β-unsaturated/α-hetero) is 1. The van der Waals surface area contributed by atoms with Crippen LogP contribution in [0.3, 0.4) is 0 Å². The average Bonchev–Trinajstić information content (AvgIpc) is 2.53. The third-order valence-corrected chi connectivity index (χ3v) is 3.76. The molecule has 1 N–H and O–H groups in total. The predicted octanol–water partition coefficient (Wildman–Crippen LogP) is 3.51. The zero-order valence-electron chi connectivity index (χ0n) is 16.6. The highest BCUT2D eigenvalue weighted by molar-refractivity contribution is 5.88. The summed E-state index contributed by atoms with van der Waals surface area (Å²) in [6.07, 6.45) is 1.81. The monoisotopic (exact) mass is 361 g/mol. The summed E-state index contributed by atoms with van der Waals surface area (Å²) >= 11 is 0. The van der Waals surface area contributed by atoms with Crippen molar-refractivity contribution in [1.29, 1.82) is 0 Å². The number of ketones is 1. The number of carbonyl (C=O) groups excluding carboxylic acids is 3. The van der Waals surface area contributed by atoms with E-state index in [0.717, 1.165) is 17.5 Å². The van der Waals surface area contributed by atoms with Gasteiger partial charge in [0.25, 0.3) is 0 Å². The van der Waals surface area contributed by atoms with Crippen LogP contribution in [0.15, 0.2) is 24.3 Å². The number of benzene rings is 1. The van der Waals surface area contributed by atoms with E-state index in [1.165, 1.54) is 0 Å². The first-order valence-electron chi connectivity index (χ1n) is 9.20. The molecule has 1 aromatic rings. The van der Waals surface area contributed by atoms with E-state index in [4.69, 9.17) is 4.74 Å². The van der Waals surface area contributed by atoms with Crippen LogP contribution in [0, 0.1) is 6.92 Å². The van der Waals surface area contributed by atoms with Gasteiger partial charge >= 0.3 is 5.97 Å². The average molecular weight is 361 g/mol. The van der Waals surface area contributed by atoms with Crippen molar-refractivity contribution in [3.05, 3.63) is 35.4 Å². The second-order valence-electron chi connectivity index (χ2n) is 7.64. The fourth-order valence-corrected chi connectivity index (χ4v) is 2.45. The number of amides is 1. The number of esters is 1. The molecule has 0 heterocycles. The standard InChI is InChI=1S/C21H31NO4/c1-6-7-18(20(25)26-21(3,4)5)22-19(24)13-12-17(23)14-16-10-8-15(2)9-11-16/h8-11,18H,6-7,12-14H2,1-5H3,(H,22,24)/t18-/m0/s1. The molecule has 0 fully saturated rings. The summed E-state index contributed by atoms with van der Waals surface area (Å²) in [5.74, 6) is -0.724. The highest BCUT2D eigenvalue weighted by Gasteiger charge is 2.26. The van der Waals surface area contributed by atoms with Gasteiger partial charge in [0, 0.05) is 19.3 Å². The number of carbonyl (C=O) groups is 3. The van der Waals surface area contributed by atoms with Gasteiger partial charge in [-0.25, -0.2) is 4.79 Å². The molecule has 0 saturated heterocycles. The Morgan fingerprint density at radius 2 is 1.69 bits per heavy atom. The van der Waals surface area contributed by atoms with Gasteiger partial charge in [-0.15, -0.1) is 0 Å². The van der Waals surface area contributed by atoms with E-state index >= 15 is 0 Å². The maximum atomic E-state index is 12.2. The minimum atomic E-state index is -0.668. The summed E-state index contributed by atoms with van der Waals surface area (Å²) in [5.41, 5.74) is 1.49. The molecule has 0 saturated carbocycles. The Morgan fingerprint density at radius 1 is 1.08 bits per heavy atom. The topological polar surface area (TPSA) is 72.5 Å². The Kier molecular flexibility index (Phi) is 8.49. The van der Waals surface area contributed by atoms with E-state index in [2.05, 4.69) is 5.32 Å². The van der Waals surface area contributed by atoms with Crippen LogP contribution in [0.4, 0.5) is 0 Å². The molecule has 0 aliphatic rings. The second-order valence-corrected chi connectivity index (χ2v) is 7.64. The van der Waals surface area contributed by atoms with Gasteiger partial charge in [0.1, 0.15) is 17.4 Å². The van der Waals surface area contributed by atoms with Crippen molar-refractivity contribution in [1.82, 2.24) is 5.32 Å². The summed E-state index contributed by atoms with van der Waals surface area (Å²) in [4.78, 5) is 36.4. The van der Waals surface area contributed by atoms with Crippen LogP contribution in [-0.4, -0.2) is 29.3 Å². The highest BCUT2D eigenvalue weighted by atomic mass is 16.6. The Balaban J connectivity index is 2.48. The quantitative estimate of drug-likeness (QED) is 0.683. The summed E-state index contributed by atoms with van der Waals surface area (Å²) in [7, 11) is 0. The van der Waals surface area contributed by atoms with Crippen LogP contribution < -0.4 is 5.32 Å².